The number of nitrogens with one attached hydrogen (secondary N) is 1. The zero-order valence-corrected chi connectivity index (χ0v) is 10.3. The zero-order valence-electron chi connectivity index (χ0n) is 10.3. The van der Waals surface area contributed by atoms with Crippen LogP contribution in [-0.2, 0) is 12.7 Å². The lowest BCUT2D eigenvalue weighted by Crippen LogP contribution is -2.07. The van der Waals surface area contributed by atoms with Crippen molar-refractivity contribution >= 4 is 5.82 Å². The Morgan fingerprint density at radius 1 is 1.20 bits per heavy atom. The van der Waals surface area contributed by atoms with Crippen molar-refractivity contribution in [3.63, 3.8) is 0 Å². The molecule has 1 aromatic carbocycles. The van der Waals surface area contributed by atoms with Gasteiger partial charge in [0.1, 0.15) is 5.82 Å². The molecule has 0 aliphatic rings. The van der Waals surface area contributed by atoms with E-state index in [0.29, 0.717) is 17.9 Å². The van der Waals surface area contributed by atoms with E-state index < -0.39 is 11.7 Å². The highest BCUT2D eigenvalue weighted by Gasteiger charge is 2.30. The third kappa shape index (κ3) is 3.48. The molecule has 0 unspecified atom stereocenters. The molecule has 6 heteroatoms. The summed E-state index contributed by atoms with van der Waals surface area (Å²) in [6.07, 6.45) is -3.60. The van der Waals surface area contributed by atoms with Gasteiger partial charge in [0.2, 0.25) is 0 Å². The van der Waals surface area contributed by atoms with Crippen molar-refractivity contribution in [2.24, 2.45) is 0 Å². The lowest BCUT2D eigenvalue weighted by Gasteiger charge is -2.08. The molecule has 0 aliphatic heterocycles. The largest absolute Gasteiger partial charge is 0.417 e. The number of nitriles is 1. The molecule has 0 amide bonds. The third-order valence-corrected chi connectivity index (χ3v) is 2.62. The lowest BCUT2D eigenvalue weighted by atomic mass is 10.1. The molecule has 1 aromatic heterocycles. The average molecular weight is 277 g/mol. The quantitative estimate of drug-likeness (QED) is 0.932. The molecule has 2 aromatic rings. The second-order valence-electron chi connectivity index (χ2n) is 4.10. The van der Waals surface area contributed by atoms with Crippen LogP contribution < -0.4 is 5.32 Å². The van der Waals surface area contributed by atoms with Crippen molar-refractivity contribution in [1.82, 2.24) is 4.98 Å². The molecule has 0 bridgehead atoms. The highest BCUT2D eigenvalue weighted by molar-refractivity contribution is 5.39. The molecule has 0 saturated heterocycles. The van der Waals surface area contributed by atoms with Crippen molar-refractivity contribution in [2.75, 3.05) is 5.32 Å². The Hall–Kier alpha value is -2.55. The topological polar surface area (TPSA) is 48.7 Å². The van der Waals surface area contributed by atoms with E-state index in [1.54, 1.807) is 18.2 Å². The van der Waals surface area contributed by atoms with Crippen molar-refractivity contribution in [1.29, 1.82) is 5.26 Å². The average Bonchev–Trinajstić information content (AvgIpc) is 2.45. The predicted molar refractivity (Wildman–Crippen MR) is 67.7 cm³/mol. The number of pyridine rings is 1. The fourth-order valence-electron chi connectivity index (χ4n) is 1.61. The van der Waals surface area contributed by atoms with Crippen LogP contribution in [0.25, 0.3) is 0 Å². The number of anilines is 1. The predicted octanol–water partition coefficient (Wildman–Crippen LogP) is 3.58. The molecule has 102 valence electrons. The smallest absolute Gasteiger partial charge is 0.366 e. The van der Waals surface area contributed by atoms with Crippen LogP contribution in [0.2, 0.25) is 0 Å². The minimum Gasteiger partial charge on any atom is -0.366 e. The Bertz CT molecular complexity index is 627. The van der Waals surface area contributed by atoms with Crippen molar-refractivity contribution in [3.05, 3.63) is 59.3 Å². The van der Waals surface area contributed by atoms with Crippen LogP contribution in [0.3, 0.4) is 0 Å². The summed E-state index contributed by atoms with van der Waals surface area (Å²) in [5.74, 6) is 0.348. The summed E-state index contributed by atoms with van der Waals surface area (Å²) in [5, 5.41) is 11.7. The third-order valence-electron chi connectivity index (χ3n) is 2.62. The Kier molecular flexibility index (Phi) is 3.89. The Balaban J connectivity index is 2.02. The van der Waals surface area contributed by atoms with E-state index in [4.69, 9.17) is 5.26 Å². The van der Waals surface area contributed by atoms with Gasteiger partial charge < -0.3 is 5.32 Å². The first kappa shape index (κ1) is 13.9. The fraction of sp³-hybridized carbons (Fsp3) is 0.143. The molecule has 0 spiro atoms. The highest BCUT2D eigenvalue weighted by Crippen LogP contribution is 2.28. The molecule has 3 nitrogen and oxygen atoms in total. The summed E-state index contributed by atoms with van der Waals surface area (Å²) >= 11 is 0. The maximum atomic E-state index is 12.4. The Morgan fingerprint density at radius 3 is 2.60 bits per heavy atom. The minimum atomic E-state index is -4.38. The molecule has 0 radical (unpaired) electrons. The van der Waals surface area contributed by atoms with Gasteiger partial charge in [-0.05, 0) is 29.8 Å². The summed E-state index contributed by atoms with van der Waals surface area (Å²) in [5.41, 5.74) is 0.602. The van der Waals surface area contributed by atoms with Gasteiger partial charge >= 0.3 is 6.18 Å². The molecular formula is C14H10F3N3. The number of hydrogen-bond donors (Lipinski definition) is 1. The number of aromatic nitrogens is 1. The van der Waals surface area contributed by atoms with Gasteiger partial charge in [0.05, 0.1) is 17.2 Å². The second kappa shape index (κ2) is 5.61. The van der Waals surface area contributed by atoms with Crippen LogP contribution in [0.1, 0.15) is 16.7 Å². The Labute approximate surface area is 113 Å². The molecule has 1 N–H and O–H groups in total. The van der Waals surface area contributed by atoms with Crippen LogP contribution in [-0.4, -0.2) is 4.98 Å². The molecule has 0 aliphatic carbocycles. The lowest BCUT2D eigenvalue weighted by molar-refractivity contribution is -0.137. The number of hydrogen-bond acceptors (Lipinski definition) is 3. The van der Waals surface area contributed by atoms with E-state index in [1.807, 2.05) is 12.1 Å². The SMILES string of the molecule is N#Cc1cccc(CNc2ccc(C(F)(F)F)cn2)c1. The van der Waals surface area contributed by atoms with Gasteiger partial charge in [-0.2, -0.15) is 18.4 Å². The van der Waals surface area contributed by atoms with Crippen LogP contribution >= 0.6 is 0 Å². The maximum absolute atomic E-state index is 12.4. The number of alkyl halides is 3. The van der Waals surface area contributed by atoms with Gasteiger partial charge in [-0.1, -0.05) is 12.1 Å². The van der Waals surface area contributed by atoms with Crippen molar-refractivity contribution in [2.45, 2.75) is 12.7 Å². The van der Waals surface area contributed by atoms with E-state index >= 15 is 0 Å². The van der Waals surface area contributed by atoms with Crippen molar-refractivity contribution < 1.29 is 13.2 Å². The van der Waals surface area contributed by atoms with Gasteiger partial charge in [-0.15, -0.1) is 0 Å². The molecule has 2 rings (SSSR count). The van der Waals surface area contributed by atoms with E-state index in [2.05, 4.69) is 10.3 Å². The first-order valence-electron chi connectivity index (χ1n) is 5.75. The fourth-order valence-corrected chi connectivity index (χ4v) is 1.61. The maximum Gasteiger partial charge on any atom is 0.417 e. The van der Waals surface area contributed by atoms with Gasteiger partial charge in [0.25, 0.3) is 0 Å². The van der Waals surface area contributed by atoms with Gasteiger partial charge in [-0.3, -0.25) is 0 Å². The van der Waals surface area contributed by atoms with E-state index in [0.717, 1.165) is 17.8 Å². The van der Waals surface area contributed by atoms with E-state index in [1.165, 1.54) is 6.07 Å². The Morgan fingerprint density at radius 2 is 2.00 bits per heavy atom. The normalized spacial score (nSPS) is 10.9. The summed E-state index contributed by atoms with van der Waals surface area (Å²) in [4.78, 5) is 3.71. The molecular weight excluding hydrogens is 267 g/mol. The molecule has 1 heterocycles. The first-order chi connectivity index (χ1) is 9.49. The number of halogens is 3. The summed E-state index contributed by atoms with van der Waals surface area (Å²) in [7, 11) is 0. The molecule has 0 fully saturated rings. The van der Waals surface area contributed by atoms with Gasteiger partial charge in [-0.25, -0.2) is 4.98 Å². The van der Waals surface area contributed by atoms with Crippen LogP contribution in [0, 0.1) is 11.3 Å². The van der Waals surface area contributed by atoms with Crippen molar-refractivity contribution in [3.8, 4) is 6.07 Å². The van der Waals surface area contributed by atoms with Gasteiger partial charge in [0, 0.05) is 12.7 Å². The monoisotopic (exact) mass is 277 g/mol. The van der Waals surface area contributed by atoms with Crippen LogP contribution in [0.15, 0.2) is 42.6 Å². The molecule has 20 heavy (non-hydrogen) atoms. The number of rotatable bonds is 3. The molecule has 0 atom stereocenters. The number of benzene rings is 1. The van der Waals surface area contributed by atoms with Gasteiger partial charge in [0.15, 0.2) is 0 Å². The summed E-state index contributed by atoms with van der Waals surface area (Å²) < 4.78 is 37.1. The van der Waals surface area contributed by atoms with E-state index in [9.17, 15) is 13.2 Å². The highest BCUT2D eigenvalue weighted by atomic mass is 19.4. The number of nitrogens with zero attached hydrogens (tertiary/aromatic N) is 2. The second-order valence-corrected chi connectivity index (χ2v) is 4.10. The zero-order chi connectivity index (χ0) is 14.6. The summed E-state index contributed by atoms with van der Waals surface area (Å²) in [6, 6.07) is 11.2. The standard InChI is InChI=1S/C14H10F3N3/c15-14(16,17)12-4-5-13(20-9-12)19-8-11-3-1-2-10(6-11)7-18/h1-6,9H,8H2,(H,19,20). The van der Waals surface area contributed by atoms with E-state index in [-0.39, 0.29) is 0 Å². The first-order valence-corrected chi connectivity index (χ1v) is 5.75. The van der Waals surface area contributed by atoms with Crippen LogP contribution in [0.4, 0.5) is 19.0 Å². The minimum absolute atomic E-state index is 0.348. The molecule has 0 saturated carbocycles. The summed E-state index contributed by atoms with van der Waals surface area (Å²) in [6.45, 7) is 0.383. The van der Waals surface area contributed by atoms with Crippen LogP contribution in [0.5, 0.6) is 0 Å².